The van der Waals surface area contributed by atoms with E-state index in [4.69, 9.17) is 15.0 Å². The van der Waals surface area contributed by atoms with E-state index in [0.717, 1.165) is 6.07 Å². The average molecular weight is 359 g/mol. The van der Waals surface area contributed by atoms with E-state index in [1.807, 2.05) is 27.7 Å². The minimum atomic E-state index is -4.50. The summed E-state index contributed by atoms with van der Waals surface area (Å²) in [6.45, 7) is 7.50. The summed E-state index contributed by atoms with van der Waals surface area (Å²) in [7, 11) is -0.770. The lowest BCUT2D eigenvalue weighted by molar-refractivity contribution is -0.137. The Kier molecular flexibility index (Phi) is 5.05. The molecule has 1 fully saturated rings. The summed E-state index contributed by atoms with van der Waals surface area (Å²) in [5.74, 6) is 0.183. The van der Waals surface area contributed by atoms with Crippen LogP contribution in [0.3, 0.4) is 0 Å². The summed E-state index contributed by atoms with van der Waals surface area (Å²) in [6.07, 6.45) is -3.13. The van der Waals surface area contributed by atoms with Gasteiger partial charge >= 0.3 is 13.3 Å². The first-order chi connectivity index (χ1) is 10.9. The van der Waals surface area contributed by atoms with Gasteiger partial charge in [-0.15, -0.1) is 0 Å². The average Bonchev–Trinajstić information content (AvgIpc) is 2.64. The van der Waals surface area contributed by atoms with Gasteiger partial charge in [0.2, 0.25) is 0 Å². The van der Waals surface area contributed by atoms with Gasteiger partial charge in [-0.3, -0.25) is 0 Å². The standard InChI is InChI=1S/C16H21BF3NO2S/c1-14(2)15(3,4)23-17(22-14)10(9-24)8-11-12(16(18,19)20)6-5-7-13(11)21/h5-8,24H,9,21H2,1-4H3. The predicted molar refractivity (Wildman–Crippen MR) is 93.8 cm³/mol. The third kappa shape index (κ3) is 3.60. The Morgan fingerprint density at radius 3 is 2.21 bits per heavy atom. The van der Waals surface area contributed by atoms with Crippen molar-refractivity contribution in [2.75, 3.05) is 11.5 Å². The number of hydrogen-bond donors (Lipinski definition) is 2. The highest BCUT2D eigenvalue weighted by Crippen LogP contribution is 2.40. The minimum absolute atomic E-state index is 0.0422. The largest absolute Gasteiger partial charge is 0.491 e. The molecule has 0 saturated carbocycles. The zero-order chi connectivity index (χ0) is 18.3. The number of benzene rings is 1. The van der Waals surface area contributed by atoms with Gasteiger partial charge in [-0.25, -0.2) is 0 Å². The maximum atomic E-state index is 13.2. The lowest BCUT2D eigenvalue weighted by atomic mass is 9.77. The van der Waals surface area contributed by atoms with Gasteiger partial charge in [0.25, 0.3) is 0 Å². The van der Waals surface area contributed by atoms with Crippen LogP contribution in [0.5, 0.6) is 0 Å². The molecule has 0 bridgehead atoms. The quantitative estimate of drug-likeness (QED) is 0.482. The molecule has 0 unspecified atom stereocenters. The molecule has 1 aliphatic rings. The zero-order valence-electron chi connectivity index (χ0n) is 14.1. The van der Waals surface area contributed by atoms with Crippen molar-refractivity contribution >= 4 is 31.5 Å². The smallest absolute Gasteiger partial charge is 0.400 e. The lowest BCUT2D eigenvalue weighted by Crippen LogP contribution is -2.41. The Morgan fingerprint density at radius 1 is 1.21 bits per heavy atom. The number of alkyl halides is 3. The molecule has 1 aliphatic heterocycles. The van der Waals surface area contributed by atoms with Gasteiger partial charge in [0, 0.05) is 17.0 Å². The monoisotopic (exact) mass is 359 g/mol. The Morgan fingerprint density at radius 2 is 1.75 bits per heavy atom. The number of anilines is 1. The van der Waals surface area contributed by atoms with Crippen LogP contribution in [0, 0.1) is 0 Å². The van der Waals surface area contributed by atoms with Gasteiger partial charge in [0.05, 0.1) is 16.8 Å². The summed E-state index contributed by atoms with van der Waals surface area (Å²) >= 11 is 4.23. The van der Waals surface area contributed by atoms with Crippen LogP contribution in [0.2, 0.25) is 0 Å². The maximum Gasteiger partial charge on any atom is 0.491 e. The van der Waals surface area contributed by atoms with E-state index in [1.54, 1.807) is 0 Å². The summed E-state index contributed by atoms with van der Waals surface area (Å²) in [6, 6.07) is 3.72. The normalized spacial score (nSPS) is 20.5. The first-order valence-electron chi connectivity index (χ1n) is 7.52. The first-order valence-corrected chi connectivity index (χ1v) is 8.15. The fraction of sp³-hybridized carbons (Fsp3) is 0.500. The highest BCUT2D eigenvalue weighted by molar-refractivity contribution is 7.80. The van der Waals surface area contributed by atoms with Crippen LogP contribution in [0.4, 0.5) is 18.9 Å². The molecule has 0 aromatic heterocycles. The summed E-state index contributed by atoms with van der Waals surface area (Å²) in [5.41, 5.74) is 4.24. The molecule has 24 heavy (non-hydrogen) atoms. The fourth-order valence-corrected chi connectivity index (χ4v) is 2.60. The highest BCUT2D eigenvalue weighted by atomic mass is 32.1. The first kappa shape index (κ1) is 19.2. The SMILES string of the molecule is CC1(C)OB(C(=Cc2c(N)cccc2C(F)(F)F)CS)OC1(C)C. The van der Waals surface area contributed by atoms with E-state index in [0.29, 0.717) is 5.47 Å². The van der Waals surface area contributed by atoms with Crippen molar-refractivity contribution in [3.8, 4) is 0 Å². The number of thiol groups is 1. The molecular weight excluding hydrogens is 338 g/mol. The summed E-state index contributed by atoms with van der Waals surface area (Å²) in [5, 5.41) is 0. The van der Waals surface area contributed by atoms with Gasteiger partial charge in [-0.05, 0) is 45.3 Å². The molecule has 3 nitrogen and oxygen atoms in total. The fourth-order valence-electron chi connectivity index (χ4n) is 2.36. The van der Waals surface area contributed by atoms with Crippen molar-refractivity contribution in [1.29, 1.82) is 0 Å². The van der Waals surface area contributed by atoms with Crippen molar-refractivity contribution in [2.45, 2.75) is 45.1 Å². The minimum Gasteiger partial charge on any atom is -0.400 e. The van der Waals surface area contributed by atoms with E-state index in [-0.39, 0.29) is 17.0 Å². The number of halogens is 3. The van der Waals surface area contributed by atoms with Crippen molar-refractivity contribution in [1.82, 2.24) is 0 Å². The molecule has 8 heteroatoms. The van der Waals surface area contributed by atoms with Crippen molar-refractivity contribution in [3.63, 3.8) is 0 Å². The van der Waals surface area contributed by atoms with Gasteiger partial charge in [-0.2, -0.15) is 25.8 Å². The molecule has 132 valence electrons. The van der Waals surface area contributed by atoms with Gasteiger partial charge < -0.3 is 15.0 Å². The molecule has 0 aliphatic carbocycles. The van der Waals surface area contributed by atoms with E-state index in [9.17, 15) is 13.2 Å². The predicted octanol–water partition coefficient (Wildman–Crippen LogP) is 4.23. The molecule has 1 aromatic carbocycles. The molecule has 0 spiro atoms. The lowest BCUT2D eigenvalue weighted by Gasteiger charge is -2.32. The van der Waals surface area contributed by atoms with Crippen LogP contribution in [-0.2, 0) is 15.5 Å². The van der Waals surface area contributed by atoms with E-state index >= 15 is 0 Å². The summed E-state index contributed by atoms with van der Waals surface area (Å²) in [4.78, 5) is 0. The second-order valence-corrected chi connectivity index (χ2v) is 7.09. The van der Waals surface area contributed by atoms with Crippen molar-refractivity contribution < 1.29 is 22.5 Å². The van der Waals surface area contributed by atoms with E-state index < -0.39 is 30.1 Å². The third-order valence-corrected chi connectivity index (χ3v) is 4.88. The third-order valence-electron chi connectivity index (χ3n) is 4.51. The Balaban J connectivity index is 2.47. The molecule has 1 saturated heterocycles. The summed E-state index contributed by atoms with van der Waals surface area (Å²) < 4.78 is 51.5. The van der Waals surface area contributed by atoms with Crippen LogP contribution < -0.4 is 5.73 Å². The molecule has 0 radical (unpaired) electrons. The maximum absolute atomic E-state index is 13.2. The second-order valence-electron chi connectivity index (χ2n) is 6.77. The molecule has 2 N–H and O–H groups in total. The Hall–Kier alpha value is -1.12. The van der Waals surface area contributed by atoms with Crippen LogP contribution in [-0.4, -0.2) is 24.1 Å². The number of hydrogen-bond acceptors (Lipinski definition) is 4. The molecule has 0 amide bonds. The van der Waals surface area contributed by atoms with E-state index in [1.165, 1.54) is 18.2 Å². The van der Waals surface area contributed by atoms with Gasteiger partial charge in [0.15, 0.2) is 0 Å². The molecule has 1 heterocycles. The van der Waals surface area contributed by atoms with Crippen LogP contribution in [0.1, 0.15) is 38.8 Å². The Labute approximate surface area is 145 Å². The van der Waals surface area contributed by atoms with Crippen LogP contribution >= 0.6 is 12.6 Å². The van der Waals surface area contributed by atoms with Gasteiger partial charge in [0.1, 0.15) is 0 Å². The molecule has 2 rings (SSSR count). The highest BCUT2D eigenvalue weighted by Gasteiger charge is 2.52. The Bertz CT molecular complexity index is 643. The topological polar surface area (TPSA) is 44.5 Å². The number of rotatable bonds is 3. The van der Waals surface area contributed by atoms with Crippen molar-refractivity contribution in [3.05, 3.63) is 34.8 Å². The van der Waals surface area contributed by atoms with Crippen molar-refractivity contribution in [2.24, 2.45) is 0 Å². The van der Waals surface area contributed by atoms with Crippen LogP contribution in [0.25, 0.3) is 6.08 Å². The number of nitrogens with two attached hydrogens (primary N) is 1. The zero-order valence-corrected chi connectivity index (χ0v) is 15.0. The van der Waals surface area contributed by atoms with Crippen LogP contribution in [0.15, 0.2) is 23.7 Å². The van der Waals surface area contributed by atoms with Gasteiger partial charge in [-0.1, -0.05) is 12.1 Å². The molecular formula is C16H21BF3NO2S. The molecule has 1 aromatic rings. The second kappa shape index (κ2) is 6.31. The molecule has 0 atom stereocenters. The number of nitrogen functional groups attached to an aromatic ring is 1. The van der Waals surface area contributed by atoms with E-state index in [2.05, 4.69) is 12.6 Å².